The van der Waals surface area contributed by atoms with E-state index in [0.717, 1.165) is 18.4 Å². The molecule has 0 aromatic heterocycles. The second-order valence-corrected chi connectivity index (χ2v) is 5.92. The maximum atomic E-state index is 11.9. The maximum Gasteiger partial charge on any atom is 0.335 e. The molecule has 0 unspecified atom stereocenters. The first-order valence-corrected chi connectivity index (χ1v) is 8.27. The molecule has 4 atom stereocenters. The Morgan fingerprint density at radius 2 is 2.13 bits per heavy atom. The molecule has 0 aliphatic carbocycles. The molecule has 2 rings (SSSR count). The Balaban J connectivity index is 1.79. The number of hydrogen-bond donors (Lipinski definition) is 1. The lowest BCUT2D eigenvalue weighted by Gasteiger charge is -2.22. The summed E-state index contributed by atoms with van der Waals surface area (Å²) < 4.78 is 16.6. The molecule has 128 valence electrons. The van der Waals surface area contributed by atoms with Crippen molar-refractivity contribution in [3.05, 3.63) is 35.9 Å². The van der Waals surface area contributed by atoms with Crippen LogP contribution in [-0.2, 0) is 25.6 Å². The lowest BCUT2D eigenvalue weighted by molar-refractivity contribution is -0.160. The third-order valence-corrected chi connectivity index (χ3v) is 3.98. The zero-order chi connectivity index (χ0) is 16.7. The van der Waals surface area contributed by atoms with Crippen LogP contribution in [0.2, 0.25) is 0 Å². The molecule has 1 aliphatic rings. The summed E-state index contributed by atoms with van der Waals surface area (Å²) in [6, 6.07) is 9.81. The number of benzene rings is 1. The average Bonchev–Trinajstić information content (AvgIpc) is 2.96. The van der Waals surface area contributed by atoms with Crippen molar-refractivity contribution in [2.45, 2.75) is 64.1 Å². The first-order valence-electron chi connectivity index (χ1n) is 8.27. The summed E-state index contributed by atoms with van der Waals surface area (Å²) in [5.74, 6) is -0.393. The van der Waals surface area contributed by atoms with Gasteiger partial charge in [0, 0.05) is 6.42 Å². The quantitative estimate of drug-likeness (QED) is 0.588. The largest absolute Gasteiger partial charge is 0.464 e. The van der Waals surface area contributed by atoms with Crippen molar-refractivity contribution < 1.29 is 24.1 Å². The highest BCUT2D eigenvalue weighted by atomic mass is 16.6. The summed E-state index contributed by atoms with van der Waals surface area (Å²) in [4.78, 5) is 11.9. The summed E-state index contributed by atoms with van der Waals surface area (Å²) in [5.41, 5.74) is 1.06. The SMILES string of the molecule is CCCCOC(=O)[C@H]1C[C@@H](O)[C@H]([C@H](C)OCc2ccccc2)O1. The van der Waals surface area contributed by atoms with Gasteiger partial charge >= 0.3 is 5.97 Å². The smallest absolute Gasteiger partial charge is 0.335 e. The van der Waals surface area contributed by atoms with E-state index >= 15 is 0 Å². The molecule has 5 heteroatoms. The number of carbonyl (C=O) groups excluding carboxylic acids is 1. The van der Waals surface area contributed by atoms with E-state index in [9.17, 15) is 9.90 Å². The Morgan fingerprint density at radius 1 is 1.39 bits per heavy atom. The number of ether oxygens (including phenoxy) is 3. The van der Waals surface area contributed by atoms with Crippen molar-refractivity contribution in [1.82, 2.24) is 0 Å². The summed E-state index contributed by atoms with van der Waals surface area (Å²) >= 11 is 0. The summed E-state index contributed by atoms with van der Waals surface area (Å²) in [6.45, 7) is 4.73. The topological polar surface area (TPSA) is 65.0 Å². The zero-order valence-electron chi connectivity index (χ0n) is 13.8. The number of carbonyl (C=O) groups is 1. The average molecular weight is 322 g/mol. The number of unbranched alkanes of at least 4 members (excludes halogenated alkanes) is 1. The molecule has 1 saturated heterocycles. The molecule has 0 bridgehead atoms. The molecular weight excluding hydrogens is 296 g/mol. The molecule has 0 spiro atoms. The van der Waals surface area contributed by atoms with Crippen molar-refractivity contribution in [2.75, 3.05) is 6.61 Å². The molecule has 1 aliphatic heterocycles. The van der Waals surface area contributed by atoms with Gasteiger partial charge in [0.05, 0.1) is 25.4 Å². The maximum absolute atomic E-state index is 11.9. The molecule has 1 fully saturated rings. The van der Waals surface area contributed by atoms with E-state index < -0.39 is 24.3 Å². The van der Waals surface area contributed by atoms with Crippen LogP contribution >= 0.6 is 0 Å². The van der Waals surface area contributed by atoms with Crippen LogP contribution < -0.4 is 0 Å². The van der Waals surface area contributed by atoms with E-state index in [0.29, 0.717) is 13.2 Å². The molecule has 1 heterocycles. The first kappa shape index (κ1) is 17.9. The minimum atomic E-state index is -0.718. The lowest BCUT2D eigenvalue weighted by atomic mass is 10.1. The molecule has 5 nitrogen and oxygen atoms in total. The number of hydrogen-bond acceptors (Lipinski definition) is 5. The van der Waals surface area contributed by atoms with Crippen LogP contribution in [0.25, 0.3) is 0 Å². The monoisotopic (exact) mass is 322 g/mol. The molecule has 1 aromatic carbocycles. The van der Waals surface area contributed by atoms with Gasteiger partial charge in [-0.05, 0) is 18.9 Å². The molecule has 1 aromatic rings. The predicted molar refractivity (Wildman–Crippen MR) is 85.8 cm³/mol. The minimum absolute atomic E-state index is 0.259. The molecule has 0 saturated carbocycles. The number of rotatable bonds is 8. The Bertz CT molecular complexity index is 476. The van der Waals surface area contributed by atoms with Crippen LogP contribution in [-0.4, -0.2) is 42.1 Å². The predicted octanol–water partition coefficient (Wildman–Crippen LogP) is 2.45. The highest BCUT2D eigenvalue weighted by Gasteiger charge is 2.41. The van der Waals surface area contributed by atoms with Gasteiger partial charge in [-0.3, -0.25) is 0 Å². The van der Waals surface area contributed by atoms with Gasteiger partial charge in [0.15, 0.2) is 6.10 Å². The zero-order valence-corrected chi connectivity index (χ0v) is 13.8. The van der Waals surface area contributed by atoms with Gasteiger partial charge in [0.2, 0.25) is 0 Å². The van der Waals surface area contributed by atoms with Gasteiger partial charge in [-0.1, -0.05) is 43.7 Å². The molecule has 23 heavy (non-hydrogen) atoms. The van der Waals surface area contributed by atoms with E-state index in [1.165, 1.54) is 0 Å². The summed E-state index contributed by atoms with van der Waals surface area (Å²) in [7, 11) is 0. The van der Waals surface area contributed by atoms with Crippen LogP contribution in [0.15, 0.2) is 30.3 Å². The van der Waals surface area contributed by atoms with Gasteiger partial charge < -0.3 is 19.3 Å². The Morgan fingerprint density at radius 3 is 2.83 bits per heavy atom. The molecular formula is C18H26O5. The van der Waals surface area contributed by atoms with Crippen molar-refractivity contribution in [3.63, 3.8) is 0 Å². The molecule has 0 amide bonds. The van der Waals surface area contributed by atoms with Crippen LogP contribution in [0.4, 0.5) is 0 Å². The fourth-order valence-corrected chi connectivity index (χ4v) is 2.57. The molecule has 0 radical (unpaired) electrons. The van der Waals surface area contributed by atoms with Gasteiger partial charge in [-0.15, -0.1) is 0 Å². The van der Waals surface area contributed by atoms with Gasteiger partial charge in [0.25, 0.3) is 0 Å². The van der Waals surface area contributed by atoms with E-state index in [2.05, 4.69) is 0 Å². The minimum Gasteiger partial charge on any atom is -0.464 e. The third kappa shape index (κ3) is 5.30. The number of aliphatic hydroxyl groups excluding tert-OH is 1. The Hall–Kier alpha value is -1.43. The van der Waals surface area contributed by atoms with Crippen LogP contribution in [0.1, 0.15) is 38.7 Å². The highest BCUT2D eigenvalue weighted by Crippen LogP contribution is 2.25. The van der Waals surface area contributed by atoms with Crippen LogP contribution in [0, 0.1) is 0 Å². The Labute approximate surface area is 137 Å². The summed E-state index contributed by atoms with van der Waals surface area (Å²) in [5, 5.41) is 10.1. The number of esters is 1. The van der Waals surface area contributed by atoms with E-state index in [1.807, 2.05) is 44.2 Å². The van der Waals surface area contributed by atoms with Crippen LogP contribution in [0.5, 0.6) is 0 Å². The van der Waals surface area contributed by atoms with Gasteiger partial charge in [0.1, 0.15) is 6.10 Å². The Kier molecular flexibility index (Phi) is 7.02. The number of aliphatic hydroxyl groups is 1. The second-order valence-electron chi connectivity index (χ2n) is 5.92. The standard InChI is InChI=1S/C18H26O5/c1-3-4-10-21-18(20)16-11-15(19)17(23-16)13(2)22-12-14-8-6-5-7-9-14/h5-9,13,15-17,19H,3-4,10-12H2,1-2H3/t13-,15+,16+,17-/m0/s1. The highest BCUT2D eigenvalue weighted by molar-refractivity contribution is 5.75. The second kappa shape index (κ2) is 9.01. The van der Waals surface area contributed by atoms with Crippen molar-refractivity contribution in [2.24, 2.45) is 0 Å². The normalized spacial score (nSPS) is 25.3. The first-order chi connectivity index (χ1) is 11.1. The van der Waals surface area contributed by atoms with Crippen molar-refractivity contribution in [3.8, 4) is 0 Å². The van der Waals surface area contributed by atoms with E-state index in [1.54, 1.807) is 0 Å². The fourth-order valence-electron chi connectivity index (χ4n) is 2.57. The van der Waals surface area contributed by atoms with Crippen molar-refractivity contribution >= 4 is 5.97 Å². The fraction of sp³-hybridized carbons (Fsp3) is 0.611. The van der Waals surface area contributed by atoms with Crippen molar-refractivity contribution in [1.29, 1.82) is 0 Å². The van der Waals surface area contributed by atoms with Crippen LogP contribution in [0.3, 0.4) is 0 Å². The van der Waals surface area contributed by atoms with E-state index in [-0.39, 0.29) is 12.5 Å². The summed E-state index contributed by atoms with van der Waals surface area (Å²) in [6.07, 6.45) is -0.176. The van der Waals surface area contributed by atoms with E-state index in [4.69, 9.17) is 14.2 Å². The van der Waals surface area contributed by atoms with Gasteiger partial charge in [-0.25, -0.2) is 4.79 Å². The van der Waals surface area contributed by atoms with Gasteiger partial charge in [-0.2, -0.15) is 0 Å². The lowest BCUT2D eigenvalue weighted by Crippen LogP contribution is -2.35. The molecule has 1 N–H and O–H groups in total. The third-order valence-electron chi connectivity index (χ3n) is 3.98.